The van der Waals surface area contributed by atoms with Crippen molar-refractivity contribution in [2.75, 3.05) is 4.72 Å². The summed E-state index contributed by atoms with van der Waals surface area (Å²) in [5, 5.41) is 8.90. The molecular weight excluding hydrogens is 389 g/mol. The van der Waals surface area contributed by atoms with Crippen LogP contribution in [0, 0.1) is 21.8 Å². The summed E-state index contributed by atoms with van der Waals surface area (Å²) in [6, 6.07) is 11.4. The lowest BCUT2D eigenvalue weighted by molar-refractivity contribution is 0.601. The van der Waals surface area contributed by atoms with Gasteiger partial charge in [-0.3, -0.25) is 4.72 Å². The van der Waals surface area contributed by atoms with Crippen LogP contribution in [0.15, 0.2) is 41.3 Å². The van der Waals surface area contributed by atoms with Gasteiger partial charge in [-0.1, -0.05) is 18.2 Å². The van der Waals surface area contributed by atoms with Crippen LogP contribution in [0.2, 0.25) is 0 Å². The number of sulfonamides is 1. The van der Waals surface area contributed by atoms with Crippen LogP contribution in [0.5, 0.6) is 0 Å². The molecule has 102 valence electrons. The van der Waals surface area contributed by atoms with Crippen molar-refractivity contribution in [3.05, 3.63) is 51.4 Å². The molecule has 7 heteroatoms. The normalized spacial score (nSPS) is 10.8. The quantitative estimate of drug-likeness (QED) is 0.805. The minimum atomic E-state index is -3.67. The molecule has 0 amide bonds. The third kappa shape index (κ3) is 3.08. The number of nitrogens with one attached hydrogen (secondary N) is 1. The molecule has 0 saturated carbocycles. The molecule has 20 heavy (non-hydrogen) atoms. The van der Waals surface area contributed by atoms with Crippen LogP contribution >= 0.6 is 22.6 Å². The van der Waals surface area contributed by atoms with E-state index in [0.29, 0.717) is 15.0 Å². The first-order valence-corrected chi connectivity index (χ1v) is 8.15. The fraction of sp³-hybridized carbons (Fsp3) is 0.0769. The zero-order valence-electron chi connectivity index (χ0n) is 10.5. The summed E-state index contributed by atoms with van der Waals surface area (Å²) in [5.74, 6) is 0. The molecule has 0 aliphatic rings. The lowest BCUT2D eigenvalue weighted by atomic mass is 10.3. The molecular formula is C13H10IN3O2S. The second kappa shape index (κ2) is 5.76. The van der Waals surface area contributed by atoms with Crippen LogP contribution < -0.4 is 4.72 Å². The Hall–Kier alpha value is -1.66. The van der Waals surface area contributed by atoms with E-state index < -0.39 is 10.0 Å². The Labute approximate surface area is 130 Å². The Morgan fingerprint density at radius 3 is 2.55 bits per heavy atom. The molecule has 0 saturated heterocycles. The Balaban J connectivity index is 2.45. The minimum Gasteiger partial charge on any atom is -0.278 e. The Kier molecular flexibility index (Phi) is 4.25. The van der Waals surface area contributed by atoms with E-state index in [0.717, 1.165) is 0 Å². The molecule has 0 bridgehead atoms. The van der Waals surface area contributed by atoms with Gasteiger partial charge in [-0.2, -0.15) is 5.26 Å². The van der Waals surface area contributed by atoms with Crippen molar-refractivity contribution in [3.63, 3.8) is 0 Å². The summed E-state index contributed by atoms with van der Waals surface area (Å²) in [5.41, 5.74) is 1.14. The number of hydrogen-bond donors (Lipinski definition) is 1. The number of anilines is 1. The number of nitrogens with zero attached hydrogens (tertiary/aromatic N) is 2. The van der Waals surface area contributed by atoms with Crippen LogP contribution in [0.25, 0.3) is 0 Å². The lowest BCUT2D eigenvalue weighted by Gasteiger charge is -2.11. The molecule has 1 aromatic heterocycles. The molecule has 0 aliphatic heterocycles. The molecule has 0 fully saturated rings. The molecule has 2 aromatic rings. The number of benzene rings is 1. The molecule has 0 aliphatic carbocycles. The van der Waals surface area contributed by atoms with Crippen LogP contribution in [0.4, 0.5) is 5.69 Å². The summed E-state index contributed by atoms with van der Waals surface area (Å²) in [6.07, 6.45) is 0. The second-order valence-corrected chi connectivity index (χ2v) is 6.75. The largest absolute Gasteiger partial charge is 0.278 e. The summed E-state index contributed by atoms with van der Waals surface area (Å²) in [4.78, 5) is 4.22. The van der Waals surface area contributed by atoms with Gasteiger partial charge in [0.25, 0.3) is 10.0 Å². The number of rotatable bonds is 3. The maximum absolute atomic E-state index is 12.2. The third-order valence-corrected chi connectivity index (χ3v) is 5.28. The van der Waals surface area contributed by atoms with Crippen LogP contribution in [-0.4, -0.2) is 13.4 Å². The van der Waals surface area contributed by atoms with Crippen molar-refractivity contribution < 1.29 is 8.42 Å². The summed E-state index contributed by atoms with van der Waals surface area (Å²) in [7, 11) is -3.67. The van der Waals surface area contributed by atoms with Gasteiger partial charge in [-0.25, -0.2) is 13.4 Å². The SMILES string of the molecule is Cc1nc(C#N)cc(NS(=O)(=O)c2ccccc2)c1I. The number of aromatic nitrogens is 1. The number of aryl methyl sites for hydroxylation is 1. The summed E-state index contributed by atoms with van der Waals surface area (Å²) in [6.45, 7) is 1.73. The van der Waals surface area contributed by atoms with Crippen molar-refractivity contribution in [2.24, 2.45) is 0 Å². The molecule has 0 spiro atoms. The number of halogens is 1. The van der Waals surface area contributed by atoms with E-state index in [2.05, 4.69) is 9.71 Å². The number of hydrogen-bond acceptors (Lipinski definition) is 4. The van der Waals surface area contributed by atoms with Gasteiger partial charge in [-0.15, -0.1) is 0 Å². The highest BCUT2D eigenvalue weighted by Crippen LogP contribution is 2.24. The van der Waals surface area contributed by atoms with Crippen molar-refractivity contribution in [1.29, 1.82) is 5.26 Å². The number of nitriles is 1. The molecule has 2 rings (SSSR count). The molecule has 5 nitrogen and oxygen atoms in total. The molecule has 0 unspecified atom stereocenters. The predicted octanol–water partition coefficient (Wildman–Crippen LogP) is 2.67. The minimum absolute atomic E-state index is 0.170. The van der Waals surface area contributed by atoms with E-state index in [4.69, 9.17) is 5.26 Å². The topological polar surface area (TPSA) is 82.8 Å². The smallest absolute Gasteiger partial charge is 0.261 e. The van der Waals surface area contributed by atoms with Gasteiger partial charge in [0.2, 0.25) is 0 Å². The Morgan fingerprint density at radius 2 is 1.95 bits per heavy atom. The maximum atomic E-state index is 12.2. The second-order valence-electron chi connectivity index (χ2n) is 3.98. The van der Waals surface area contributed by atoms with Gasteiger partial charge in [0.15, 0.2) is 0 Å². The van der Waals surface area contributed by atoms with Crippen molar-refractivity contribution in [2.45, 2.75) is 11.8 Å². The first-order valence-electron chi connectivity index (χ1n) is 5.59. The van der Waals surface area contributed by atoms with Crippen molar-refractivity contribution in [1.82, 2.24) is 4.98 Å². The first kappa shape index (κ1) is 14.7. The van der Waals surface area contributed by atoms with E-state index >= 15 is 0 Å². The molecule has 1 N–H and O–H groups in total. The van der Waals surface area contributed by atoms with E-state index in [1.54, 1.807) is 25.1 Å². The van der Waals surface area contributed by atoms with Crippen LogP contribution in [0.1, 0.15) is 11.4 Å². The first-order chi connectivity index (χ1) is 9.44. The molecule has 1 aromatic carbocycles. The fourth-order valence-electron chi connectivity index (χ4n) is 1.59. The maximum Gasteiger partial charge on any atom is 0.261 e. The van der Waals surface area contributed by atoms with Gasteiger partial charge in [-0.05, 0) is 47.7 Å². The van der Waals surface area contributed by atoms with E-state index in [9.17, 15) is 8.42 Å². The third-order valence-electron chi connectivity index (χ3n) is 2.54. The monoisotopic (exact) mass is 399 g/mol. The molecule has 1 heterocycles. The summed E-state index contributed by atoms with van der Waals surface area (Å²) >= 11 is 2.00. The standard InChI is InChI=1S/C13H10IN3O2S/c1-9-13(14)12(7-10(8-15)16-9)17-20(18,19)11-5-3-2-4-6-11/h2-7H,1H3,(H,16,17). The van der Waals surface area contributed by atoms with Gasteiger partial charge in [0, 0.05) is 0 Å². The van der Waals surface area contributed by atoms with Crippen molar-refractivity contribution >= 4 is 38.3 Å². The van der Waals surface area contributed by atoms with E-state index in [1.807, 2.05) is 28.7 Å². The van der Waals surface area contributed by atoms with Gasteiger partial charge in [0.05, 0.1) is 19.8 Å². The fourth-order valence-corrected chi connectivity index (χ4v) is 3.27. The van der Waals surface area contributed by atoms with Gasteiger partial charge >= 0.3 is 0 Å². The van der Waals surface area contributed by atoms with E-state index in [-0.39, 0.29) is 10.6 Å². The highest BCUT2D eigenvalue weighted by Gasteiger charge is 2.17. The highest BCUT2D eigenvalue weighted by molar-refractivity contribution is 14.1. The lowest BCUT2D eigenvalue weighted by Crippen LogP contribution is -2.14. The van der Waals surface area contributed by atoms with E-state index in [1.165, 1.54) is 18.2 Å². The number of pyridine rings is 1. The average molecular weight is 399 g/mol. The average Bonchev–Trinajstić information content (AvgIpc) is 2.44. The molecule has 0 atom stereocenters. The van der Waals surface area contributed by atoms with Gasteiger partial charge in [0.1, 0.15) is 11.8 Å². The van der Waals surface area contributed by atoms with Crippen LogP contribution in [0.3, 0.4) is 0 Å². The molecule has 0 radical (unpaired) electrons. The van der Waals surface area contributed by atoms with Crippen LogP contribution in [-0.2, 0) is 10.0 Å². The highest BCUT2D eigenvalue weighted by atomic mass is 127. The zero-order chi connectivity index (χ0) is 14.8. The van der Waals surface area contributed by atoms with Crippen molar-refractivity contribution in [3.8, 4) is 6.07 Å². The predicted molar refractivity (Wildman–Crippen MR) is 83.7 cm³/mol. The Morgan fingerprint density at radius 1 is 1.30 bits per heavy atom. The summed E-state index contributed by atoms with van der Waals surface area (Å²) < 4.78 is 27.7. The Bertz CT molecular complexity index is 783. The zero-order valence-corrected chi connectivity index (χ0v) is 13.4. The van der Waals surface area contributed by atoms with Gasteiger partial charge < -0.3 is 0 Å².